The minimum Gasteiger partial charge on any atom is -0.330 e. The van der Waals surface area contributed by atoms with E-state index in [1.807, 2.05) is 37.5 Å². The van der Waals surface area contributed by atoms with Gasteiger partial charge in [-0.25, -0.2) is 0 Å². The molecule has 0 radical (unpaired) electrons. The van der Waals surface area contributed by atoms with Gasteiger partial charge >= 0.3 is 0 Å². The number of pyridine rings is 2. The van der Waals surface area contributed by atoms with Gasteiger partial charge in [0.05, 0.1) is 11.4 Å². The van der Waals surface area contributed by atoms with Crippen molar-refractivity contribution in [2.75, 3.05) is 6.54 Å². The van der Waals surface area contributed by atoms with Crippen molar-refractivity contribution >= 4 is 0 Å². The van der Waals surface area contributed by atoms with Crippen LogP contribution >= 0.6 is 0 Å². The third-order valence-corrected chi connectivity index (χ3v) is 2.43. The summed E-state index contributed by atoms with van der Waals surface area (Å²) in [5.74, 6) is 0. The second kappa shape index (κ2) is 4.86. The zero-order chi connectivity index (χ0) is 11.4. The Morgan fingerprint density at radius 1 is 1.00 bits per heavy atom. The van der Waals surface area contributed by atoms with Crippen molar-refractivity contribution in [3.8, 4) is 11.4 Å². The van der Waals surface area contributed by atoms with E-state index in [2.05, 4.69) is 16.0 Å². The van der Waals surface area contributed by atoms with Crippen LogP contribution in [0.3, 0.4) is 0 Å². The molecular weight excluding hydrogens is 198 g/mol. The van der Waals surface area contributed by atoms with Crippen molar-refractivity contribution in [3.63, 3.8) is 0 Å². The van der Waals surface area contributed by atoms with Crippen molar-refractivity contribution in [1.29, 1.82) is 0 Å². The summed E-state index contributed by atoms with van der Waals surface area (Å²) < 4.78 is 0. The lowest BCUT2D eigenvalue weighted by Crippen LogP contribution is -2.02. The van der Waals surface area contributed by atoms with Gasteiger partial charge < -0.3 is 5.73 Å². The molecule has 0 amide bonds. The molecule has 82 valence electrons. The van der Waals surface area contributed by atoms with Gasteiger partial charge in [0.2, 0.25) is 0 Å². The maximum Gasteiger partial charge on any atom is 0.0886 e. The minimum absolute atomic E-state index is 0.657. The maximum absolute atomic E-state index is 5.49. The lowest BCUT2D eigenvalue weighted by atomic mass is 10.1. The van der Waals surface area contributed by atoms with Crippen molar-refractivity contribution in [3.05, 3.63) is 47.8 Å². The lowest BCUT2D eigenvalue weighted by molar-refractivity contribution is 0.959. The summed E-state index contributed by atoms with van der Waals surface area (Å²) >= 11 is 0. The monoisotopic (exact) mass is 213 g/mol. The Morgan fingerprint density at radius 3 is 2.19 bits per heavy atom. The Morgan fingerprint density at radius 2 is 1.69 bits per heavy atom. The number of nitrogens with two attached hydrogens (primary N) is 1. The summed E-state index contributed by atoms with van der Waals surface area (Å²) in [5, 5.41) is 0. The van der Waals surface area contributed by atoms with Gasteiger partial charge in [-0.15, -0.1) is 0 Å². The van der Waals surface area contributed by atoms with Crippen LogP contribution in [0.2, 0.25) is 0 Å². The van der Waals surface area contributed by atoms with Crippen LogP contribution in [-0.4, -0.2) is 16.5 Å². The van der Waals surface area contributed by atoms with Gasteiger partial charge in [0.25, 0.3) is 0 Å². The number of nitrogens with zero attached hydrogens (tertiary/aromatic N) is 2. The zero-order valence-corrected chi connectivity index (χ0v) is 9.35. The number of rotatable bonds is 3. The quantitative estimate of drug-likeness (QED) is 0.847. The molecule has 0 saturated heterocycles. The minimum atomic E-state index is 0.657. The number of aromatic nitrogens is 2. The molecule has 16 heavy (non-hydrogen) atoms. The summed E-state index contributed by atoms with van der Waals surface area (Å²) in [6, 6.07) is 8.07. The summed E-state index contributed by atoms with van der Waals surface area (Å²) in [6.07, 6.45) is 4.59. The van der Waals surface area contributed by atoms with E-state index in [-0.39, 0.29) is 0 Å². The van der Waals surface area contributed by atoms with Crippen molar-refractivity contribution in [2.45, 2.75) is 13.3 Å². The molecule has 0 bridgehead atoms. The van der Waals surface area contributed by atoms with Gasteiger partial charge in [-0.05, 0) is 43.1 Å². The Kier molecular flexibility index (Phi) is 3.27. The van der Waals surface area contributed by atoms with E-state index in [1.165, 1.54) is 5.56 Å². The molecule has 0 aliphatic rings. The molecule has 2 aromatic heterocycles. The van der Waals surface area contributed by atoms with Crippen LogP contribution in [0.4, 0.5) is 0 Å². The molecule has 2 rings (SSSR count). The molecule has 0 aliphatic heterocycles. The number of hydrogen-bond donors (Lipinski definition) is 1. The molecule has 2 heterocycles. The maximum atomic E-state index is 5.49. The smallest absolute Gasteiger partial charge is 0.0886 e. The normalized spacial score (nSPS) is 10.4. The summed E-state index contributed by atoms with van der Waals surface area (Å²) in [7, 11) is 0. The van der Waals surface area contributed by atoms with E-state index in [0.717, 1.165) is 23.4 Å². The summed E-state index contributed by atoms with van der Waals surface area (Å²) in [4.78, 5) is 8.72. The van der Waals surface area contributed by atoms with E-state index in [0.29, 0.717) is 6.54 Å². The average Bonchev–Trinajstić information content (AvgIpc) is 2.32. The molecule has 3 nitrogen and oxygen atoms in total. The molecule has 2 N–H and O–H groups in total. The first-order valence-corrected chi connectivity index (χ1v) is 5.37. The Hall–Kier alpha value is -1.74. The first kappa shape index (κ1) is 10.8. The standard InChI is InChI=1S/C13H15N3/c1-10-2-4-12(15-8-10)13-5-3-11(6-7-14)9-16-13/h2-5,8-9H,6-7,14H2,1H3. The first-order valence-electron chi connectivity index (χ1n) is 5.37. The highest BCUT2D eigenvalue weighted by molar-refractivity contribution is 5.53. The largest absolute Gasteiger partial charge is 0.330 e. The van der Waals surface area contributed by atoms with Crippen LogP contribution in [-0.2, 0) is 6.42 Å². The topological polar surface area (TPSA) is 51.8 Å². The molecule has 0 atom stereocenters. The molecule has 0 aliphatic carbocycles. The molecular formula is C13H15N3. The van der Waals surface area contributed by atoms with Gasteiger partial charge in [-0.2, -0.15) is 0 Å². The molecule has 0 spiro atoms. The molecule has 0 unspecified atom stereocenters. The van der Waals surface area contributed by atoms with Crippen LogP contribution in [0.1, 0.15) is 11.1 Å². The lowest BCUT2D eigenvalue weighted by Gasteiger charge is -2.02. The van der Waals surface area contributed by atoms with E-state index in [1.54, 1.807) is 0 Å². The van der Waals surface area contributed by atoms with Crippen molar-refractivity contribution in [2.24, 2.45) is 5.73 Å². The third-order valence-electron chi connectivity index (χ3n) is 2.43. The van der Waals surface area contributed by atoms with Crippen LogP contribution in [0, 0.1) is 6.92 Å². The van der Waals surface area contributed by atoms with Gasteiger partial charge in [-0.1, -0.05) is 12.1 Å². The molecule has 0 aromatic carbocycles. The van der Waals surface area contributed by atoms with Crippen molar-refractivity contribution < 1.29 is 0 Å². The Balaban J connectivity index is 2.24. The van der Waals surface area contributed by atoms with Crippen LogP contribution < -0.4 is 5.73 Å². The second-order valence-electron chi connectivity index (χ2n) is 3.81. The number of aryl methyl sites for hydroxylation is 1. The first-order chi connectivity index (χ1) is 7.79. The fourth-order valence-electron chi connectivity index (χ4n) is 1.51. The van der Waals surface area contributed by atoms with E-state index in [9.17, 15) is 0 Å². The molecule has 0 saturated carbocycles. The fourth-order valence-corrected chi connectivity index (χ4v) is 1.51. The number of hydrogen-bond acceptors (Lipinski definition) is 3. The Bertz CT molecular complexity index is 446. The van der Waals surface area contributed by atoms with Gasteiger partial charge in [0, 0.05) is 12.4 Å². The predicted molar refractivity (Wildman–Crippen MR) is 65.0 cm³/mol. The fraction of sp³-hybridized carbons (Fsp3) is 0.231. The second-order valence-corrected chi connectivity index (χ2v) is 3.81. The summed E-state index contributed by atoms with van der Waals surface area (Å²) in [5.41, 5.74) is 9.62. The van der Waals surface area contributed by atoms with Gasteiger partial charge in [0.15, 0.2) is 0 Å². The highest BCUT2D eigenvalue weighted by Crippen LogP contribution is 2.14. The zero-order valence-electron chi connectivity index (χ0n) is 9.35. The summed E-state index contributed by atoms with van der Waals surface area (Å²) in [6.45, 7) is 2.68. The van der Waals surface area contributed by atoms with E-state index >= 15 is 0 Å². The molecule has 0 fully saturated rings. The third kappa shape index (κ3) is 2.44. The highest BCUT2D eigenvalue weighted by atomic mass is 14.8. The van der Waals surface area contributed by atoms with Gasteiger partial charge in [0.1, 0.15) is 0 Å². The predicted octanol–water partition coefficient (Wildman–Crippen LogP) is 1.95. The van der Waals surface area contributed by atoms with Crippen LogP contribution in [0.5, 0.6) is 0 Å². The van der Waals surface area contributed by atoms with Crippen molar-refractivity contribution in [1.82, 2.24) is 9.97 Å². The molecule has 3 heteroatoms. The van der Waals surface area contributed by atoms with Crippen LogP contribution in [0.25, 0.3) is 11.4 Å². The molecule has 2 aromatic rings. The van der Waals surface area contributed by atoms with E-state index < -0.39 is 0 Å². The highest BCUT2D eigenvalue weighted by Gasteiger charge is 2.00. The Labute approximate surface area is 95.4 Å². The average molecular weight is 213 g/mol. The van der Waals surface area contributed by atoms with Gasteiger partial charge in [-0.3, -0.25) is 9.97 Å². The van der Waals surface area contributed by atoms with Crippen LogP contribution in [0.15, 0.2) is 36.7 Å². The SMILES string of the molecule is Cc1ccc(-c2ccc(CCN)cn2)nc1. The van der Waals surface area contributed by atoms with E-state index in [4.69, 9.17) is 5.73 Å².